The number of hydrogen-bond donors (Lipinski definition) is 1. The molecule has 0 saturated carbocycles. The van der Waals surface area contributed by atoms with Gasteiger partial charge < -0.3 is 9.84 Å². The number of halogens is 4. The van der Waals surface area contributed by atoms with Crippen molar-refractivity contribution in [2.24, 2.45) is 5.92 Å². The van der Waals surface area contributed by atoms with E-state index >= 15 is 0 Å². The van der Waals surface area contributed by atoms with E-state index in [1.54, 1.807) is 0 Å². The number of aliphatic hydroxyl groups is 1. The van der Waals surface area contributed by atoms with Crippen LogP contribution in [0.5, 0.6) is 5.75 Å². The first-order chi connectivity index (χ1) is 14.2. The Labute approximate surface area is 175 Å². The molecule has 3 rings (SSSR count). The first-order valence-corrected chi connectivity index (χ1v) is 9.38. The summed E-state index contributed by atoms with van der Waals surface area (Å²) in [4.78, 5) is 4.90. The molecule has 0 bridgehead atoms. The fourth-order valence-corrected chi connectivity index (χ4v) is 3.07. The van der Waals surface area contributed by atoms with Crippen molar-refractivity contribution in [3.8, 4) is 5.75 Å². The van der Waals surface area contributed by atoms with Gasteiger partial charge in [-0.2, -0.15) is 4.80 Å². The Morgan fingerprint density at radius 3 is 2.53 bits per heavy atom. The van der Waals surface area contributed by atoms with Gasteiger partial charge in [0.1, 0.15) is 11.6 Å². The van der Waals surface area contributed by atoms with Crippen LogP contribution in [0.1, 0.15) is 31.1 Å². The molecule has 3 aromatic rings. The first-order valence-electron chi connectivity index (χ1n) is 9.00. The lowest BCUT2D eigenvalue weighted by Crippen LogP contribution is -2.45. The molecule has 0 radical (unpaired) electrons. The third-order valence-electron chi connectivity index (χ3n) is 4.33. The number of tetrazole rings is 1. The van der Waals surface area contributed by atoms with Gasteiger partial charge in [0.15, 0.2) is 18.0 Å². The van der Waals surface area contributed by atoms with Gasteiger partial charge in [-0.3, -0.25) is 4.98 Å². The molecule has 2 unspecified atom stereocenters. The zero-order valence-corrected chi connectivity index (χ0v) is 16.8. The summed E-state index contributed by atoms with van der Waals surface area (Å²) in [6.45, 7) is 4.38. The number of pyridine rings is 1. The van der Waals surface area contributed by atoms with Gasteiger partial charge in [-0.15, -0.1) is 10.2 Å². The predicted octanol–water partition coefficient (Wildman–Crippen LogP) is 3.64. The Morgan fingerprint density at radius 2 is 2.00 bits per heavy atom. The van der Waals surface area contributed by atoms with Crippen molar-refractivity contribution in [2.75, 3.05) is 6.61 Å². The summed E-state index contributed by atoms with van der Waals surface area (Å²) in [6, 6.07) is 4.24. The molecular formula is C19H19ClF3N5O2. The number of aromatic nitrogens is 5. The van der Waals surface area contributed by atoms with Gasteiger partial charge in [0.25, 0.3) is 6.43 Å². The van der Waals surface area contributed by atoms with Crippen molar-refractivity contribution < 1.29 is 23.0 Å². The largest absolute Gasteiger partial charge is 0.492 e. The van der Waals surface area contributed by atoms with Crippen molar-refractivity contribution in [1.29, 1.82) is 0 Å². The van der Waals surface area contributed by atoms with E-state index in [-0.39, 0.29) is 16.6 Å². The highest BCUT2D eigenvalue weighted by molar-refractivity contribution is 6.30. The Bertz CT molecular complexity index is 973. The molecule has 160 valence electrons. The average molecular weight is 442 g/mol. The maximum absolute atomic E-state index is 14.6. The Kier molecular flexibility index (Phi) is 6.57. The second-order valence-electron chi connectivity index (χ2n) is 7.03. The molecule has 2 aromatic heterocycles. The van der Waals surface area contributed by atoms with E-state index in [0.29, 0.717) is 12.4 Å². The van der Waals surface area contributed by atoms with Crippen LogP contribution in [-0.4, -0.2) is 43.3 Å². The maximum atomic E-state index is 14.6. The second kappa shape index (κ2) is 8.97. The summed E-state index contributed by atoms with van der Waals surface area (Å²) >= 11 is 5.74. The van der Waals surface area contributed by atoms with Crippen LogP contribution in [0.3, 0.4) is 0 Å². The zero-order chi connectivity index (χ0) is 21.9. The molecule has 1 aromatic carbocycles. The summed E-state index contributed by atoms with van der Waals surface area (Å²) < 4.78 is 48.7. The molecule has 0 aliphatic carbocycles. The topological polar surface area (TPSA) is 86.0 Å². The highest BCUT2D eigenvalue weighted by Crippen LogP contribution is 2.43. The van der Waals surface area contributed by atoms with Crippen LogP contribution in [0.25, 0.3) is 0 Å². The third kappa shape index (κ3) is 4.39. The van der Waals surface area contributed by atoms with Crippen molar-refractivity contribution in [2.45, 2.75) is 31.9 Å². The van der Waals surface area contributed by atoms with E-state index in [2.05, 4.69) is 20.4 Å². The summed E-state index contributed by atoms with van der Waals surface area (Å²) in [6.07, 6.45) is -1.09. The first kappa shape index (κ1) is 22.0. The minimum atomic E-state index is -3.43. The third-order valence-corrected chi connectivity index (χ3v) is 4.57. The number of hydrogen-bond acceptors (Lipinski definition) is 6. The lowest BCUT2D eigenvalue weighted by atomic mass is 9.84. The van der Waals surface area contributed by atoms with E-state index < -0.39 is 29.4 Å². The summed E-state index contributed by atoms with van der Waals surface area (Å²) in [5.74, 6) is -0.420. The van der Waals surface area contributed by atoms with E-state index in [1.807, 2.05) is 13.8 Å². The molecule has 30 heavy (non-hydrogen) atoms. The van der Waals surface area contributed by atoms with Crippen LogP contribution < -0.4 is 4.74 Å². The SMILES string of the molecule is CC(C)COc1ccc(C(n2ncnn2)C(O)(c2ccc(Cl)cc2F)C(F)F)nc1. The smallest absolute Gasteiger partial charge is 0.273 e. The van der Waals surface area contributed by atoms with Crippen LogP contribution in [0.2, 0.25) is 5.02 Å². The van der Waals surface area contributed by atoms with Gasteiger partial charge in [0, 0.05) is 10.6 Å². The molecule has 7 nitrogen and oxygen atoms in total. The molecular weight excluding hydrogens is 423 g/mol. The predicted molar refractivity (Wildman–Crippen MR) is 102 cm³/mol. The summed E-state index contributed by atoms with van der Waals surface area (Å²) in [5.41, 5.74) is -3.78. The number of nitrogens with zero attached hydrogens (tertiary/aromatic N) is 5. The second-order valence-corrected chi connectivity index (χ2v) is 7.47. The van der Waals surface area contributed by atoms with Crippen LogP contribution in [0.4, 0.5) is 13.2 Å². The number of ether oxygens (including phenoxy) is 1. The Morgan fingerprint density at radius 1 is 1.23 bits per heavy atom. The minimum absolute atomic E-state index is 0.00641. The molecule has 0 aliphatic rings. The van der Waals surface area contributed by atoms with E-state index in [4.69, 9.17) is 16.3 Å². The normalized spacial score (nSPS) is 14.7. The van der Waals surface area contributed by atoms with Gasteiger partial charge in [0.2, 0.25) is 0 Å². The van der Waals surface area contributed by atoms with Gasteiger partial charge in [-0.05, 0) is 35.4 Å². The van der Waals surface area contributed by atoms with Crippen molar-refractivity contribution in [1.82, 2.24) is 25.2 Å². The van der Waals surface area contributed by atoms with Gasteiger partial charge in [0.05, 0.1) is 18.5 Å². The highest BCUT2D eigenvalue weighted by atomic mass is 35.5. The Hall–Kier alpha value is -2.72. The number of benzene rings is 1. The Balaban J connectivity index is 2.10. The van der Waals surface area contributed by atoms with E-state index in [0.717, 1.165) is 23.3 Å². The molecule has 0 spiro atoms. The molecule has 1 N–H and O–H groups in total. The zero-order valence-electron chi connectivity index (χ0n) is 16.1. The maximum Gasteiger partial charge on any atom is 0.273 e. The van der Waals surface area contributed by atoms with Crippen LogP contribution in [-0.2, 0) is 5.60 Å². The van der Waals surface area contributed by atoms with Gasteiger partial charge in [-0.1, -0.05) is 31.5 Å². The highest BCUT2D eigenvalue weighted by Gasteiger charge is 2.52. The molecule has 0 saturated heterocycles. The number of alkyl halides is 2. The lowest BCUT2D eigenvalue weighted by molar-refractivity contribution is -0.133. The molecule has 0 aliphatic heterocycles. The molecule has 0 fully saturated rings. The lowest BCUT2D eigenvalue weighted by Gasteiger charge is -2.34. The average Bonchev–Trinajstić information content (AvgIpc) is 3.21. The molecule has 11 heteroatoms. The van der Waals surface area contributed by atoms with Crippen LogP contribution in [0.15, 0.2) is 42.9 Å². The number of rotatable bonds is 8. The molecule has 0 amide bonds. The van der Waals surface area contributed by atoms with Crippen molar-refractivity contribution >= 4 is 11.6 Å². The fraction of sp³-hybridized carbons (Fsp3) is 0.368. The van der Waals surface area contributed by atoms with Crippen molar-refractivity contribution in [3.05, 3.63) is 65.0 Å². The summed E-state index contributed by atoms with van der Waals surface area (Å²) in [7, 11) is 0. The van der Waals surface area contributed by atoms with Gasteiger partial charge >= 0.3 is 0 Å². The summed E-state index contributed by atoms with van der Waals surface area (Å²) in [5, 5.41) is 22.1. The van der Waals surface area contributed by atoms with Crippen LogP contribution >= 0.6 is 11.6 Å². The quantitative estimate of drug-likeness (QED) is 0.574. The van der Waals surface area contributed by atoms with Crippen LogP contribution in [0, 0.1) is 11.7 Å². The van der Waals surface area contributed by atoms with Gasteiger partial charge in [-0.25, -0.2) is 13.2 Å². The fourth-order valence-electron chi connectivity index (χ4n) is 2.91. The van der Waals surface area contributed by atoms with E-state index in [9.17, 15) is 18.3 Å². The minimum Gasteiger partial charge on any atom is -0.492 e. The molecule has 2 heterocycles. The van der Waals surface area contributed by atoms with E-state index in [1.165, 1.54) is 24.4 Å². The monoisotopic (exact) mass is 441 g/mol. The molecule has 2 atom stereocenters. The van der Waals surface area contributed by atoms with Crippen molar-refractivity contribution in [3.63, 3.8) is 0 Å². The standard InChI is InChI=1S/C19H19ClF3N5O2/c1-11(2)9-30-13-4-6-16(24-8-13)17(28-26-10-25-27-28)19(29,18(22)23)14-5-3-12(20)7-15(14)21/h3-8,10-11,17-18,29H,9H2,1-2H3.